The highest BCUT2D eigenvalue weighted by Gasteiger charge is 2.12. The molecule has 0 amide bonds. The van der Waals surface area contributed by atoms with E-state index in [-0.39, 0.29) is 12.0 Å². The van der Waals surface area contributed by atoms with E-state index in [0.717, 1.165) is 11.3 Å². The maximum atomic E-state index is 5.82. The third kappa shape index (κ3) is 3.81. The molecule has 0 aliphatic heterocycles. The topological polar surface area (TPSA) is 69.2 Å². The summed E-state index contributed by atoms with van der Waals surface area (Å²) < 4.78 is 11.1. The summed E-state index contributed by atoms with van der Waals surface area (Å²) >= 11 is 0. The van der Waals surface area contributed by atoms with Crippen molar-refractivity contribution in [2.45, 2.75) is 26.7 Å². The van der Waals surface area contributed by atoms with Crippen LogP contribution in [0.5, 0.6) is 17.8 Å². The Morgan fingerprint density at radius 2 is 1.81 bits per heavy atom. The molecule has 0 radical (unpaired) electrons. The van der Waals surface area contributed by atoms with Crippen LogP contribution >= 0.6 is 0 Å². The molecule has 6 nitrogen and oxygen atoms in total. The van der Waals surface area contributed by atoms with Crippen molar-refractivity contribution in [1.29, 1.82) is 0 Å². The number of para-hydroxylation sites is 1. The number of nitrogens with zero attached hydrogens (tertiary/aromatic N) is 3. The van der Waals surface area contributed by atoms with E-state index in [1.165, 1.54) is 0 Å². The van der Waals surface area contributed by atoms with E-state index in [1.54, 1.807) is 7.05 Å². The Morgan fingerprint density at radius 3 is 2.48 bits per heavy atom. The summed E-state index contributed by atoms with van der Waals surface area (Å²) in [5, 5.41) is 2.87. The Morgan fingerprint density at radius 1 is 1.10 bits per heavy atom. The molecule has 0 spiro atoms. The van der Waals surface area contributed by atoms with Crippen molar-refractivity contribution in [3.8, 4) is 17.8 Å². The van der Waals surface area contributed by atoms with Crippen LogP contribution in [0.4, 0.5) is 5.95 Å². The highest BCUT2D eigenvalue weighted by Crippen LogP contribution is 2.29. The van der Waals surface area contributed by atoms with Crippen molar-refractivity contribution < 1.29 is 9.47 Å². The van der Waals surface area contributed by atoms with Gasteiger partial charge in [-0.2, -0.15) is 9.97 Å². The Balaban J connectivity index is 2.32. The number of nitrogens with one attached hydrogen (secondary N) is 1. The molecule has 21 heavy (non-hydrogen) atoms. The van der Waals surface area contributed by atoms with Gasteiger partial charge < -0.3 is 14.8 Å². The maximum Gasteiger partial charge on any atom is 0.330 e. The number of benzene rings is 1. The van der Waals surface area contributed by atoms with Gasteiger partial charge in [0.05, 0.1) is 6.61 Å². The van der Waals surface area contributed by atoms with Crippen LogP contribution in [0.1, 0.15) is 32.3 Å². The van der Waals surface area contributed by atoms with Crippen LogP contribution in [0.2, 0.25) is 0 Å². The van der Waals surface area contributed by atoms with Crippen LogP contribution in [0.15, 0.2) is 24.3 Å². The molecular formula is C15H20N4O2. The average molecular weight is 288 g/mol. The zero-order chi connectivity index (χ0) is 15.2. The van der Waals surface area contributed by atoms with Gasteiger partial charge >= 0.3 is 12.0 Å². The van der Waals surface area contributed by atoms with Crippen molar-refractivity contribution in [2.24, 2.45) is 0 Å². The number of aromatic nitrogens is 3. The lowest BCUT2D eigenvalue weighted by molar-refractivity contribution is 0.303. The Labute approximate surface area is 124 Å². The number of hydrogen-bond acceptors (Lipinski definition) is 6. The van der Waals surface area contributed by atoms with E-state index in [2.05, 4.69) is 34.1 Å². The Bertz CT molecular complexity index is 602. The SMILES string of the molecule is CCOc1nc(NC)nc(Oc2ccccc2C(C)C)n1. The van der Waals surface area contributed by atoms with Gasteiger partial charge in [-0.05, 0) is 24.5 Å². The zero-order valence-corrected chi connectivity index (χ0v) is 12.8. The lowest BCUT2D eigenvalue weighted by Crippen LogP contribution is -2.05. The molecule has 0 unspecified atom stereocenters. The summed E-state index contributed by atoms with van der Waals surface area (Å²) in [6, 6.07) is 8.30. The normalized spacial score (nSPS) is 10.5. The van der Waals surface area contributed by atoms with E-state index in [1.807, 2.05) is 31.2 Å². The molecule has 6 heteroatoms. The smallest absolute Gasteiger partial charge is 0.330 e. The van der Waals surface area contributed by atoms with Crippen LogP contribution in [0.25, 0.3) is 0 Å². The fourth-order valence-electron chi connectivity index (χ4n) is 1.84. The van der Waals surface area contributed by atoms with E-state index in [9.17, 15) is 0 Å². The fraction of sp³-hybridized carbons (Fsp3) is 0.400. The van der Waals surface area contributed by atoms with Crippen LogP contribution in [-0.4, -0.2) is 28.6 Å². The summed E-state index contributed by atoms with van der Waals surface area (Å²) in [5.74, 6) is 1.49. The first-order chi connectivity index (χ1) is 10.1. The van der Waals surface area contributed by atoms with Crippen LogP contribution in [0, 0.1) is 0 Å². The summed E-state index contributed by atoms with van der Waals surface area (Å²) in [4.78, 5) is 12.5. The van der Waals surface area contributed by atoms with Gasteiger partial charge in [-0.15, -0.1) is 4.98 Å². The number of rotatable bonds is 6. The fourth-order valence-corrected chi connectivity index (χ4v) is 1.84. The van der Waals surface area contributed by atoms with Crippen molar-refractivity contribution in [2.75, 3.05) is 19.0 Å². The highest BCUT2D eigenvalue weighted by atomic mass is 16.5. The van der Waals surface area contributed by atoms with E-state index in [0.29, 0.717) is 18.5 Å². The van der Waals surface area contributed by atoms with Gasteiger partial charge in [-0.1, -0.05) is 32.0 Å². The van der Waals surface area contributed by atoms with Crippen LogP contribution in [-0.2, 0) is 0 Å². The second-order valence-corrected chi connectivity index (χ2v) is 4.70. The highest BCUT2D eigenvalue weighted by molar-refractivity contribution is 5.38. The molecule has 1 heterocycles. The van der Waals surface area contributed by atoms with Gasteiger partial charge in [-0.25, -0.2) is 0 Å². The minimum Gasteiger partial charge on any atom is -0.464 e. The molecule has 2 aromatic rings. The van der Waals surface area contributed by atoms with Crippen molar-refractivity contribution in [1.82, 2.24) is 15.0 Å². The average Bonchev–Trinajstić information content (AvgIpc) is 2.47. The predicted molar refractivity (Wildman–Crippen MR) is 81.1 cm³/mol. The Kier molecular flexibility index (Phi) is 4.92. The zero-order valence-electron chi connectivity index (χ0n) is 12.8. The Hall–Kier alpha value is -2.37. The van der Waals surface area contributed by atoms with Crippen molar-refractivity contribution in [3.05, 3.63) is 29.8 Å². The second kappa shape index (κ2) is 6.88. The lowest BCUT2D eigenvalue weighted by atomic mass is 10.0. The molecule has 2 rings (SSSR count). The minimum absolute atomic E-state index is 0.214. The van der Waals surface area contributed by atoms with E-state index >= 15 is 0 Å². The van der Waals surface area contributed by atoms with Crippen molar-refractivity contribution >= 4 is 5.95 Å². The second-order valence-electron chi connectivity index (χ2n) is 4.70. The van der Waals surface area contributed by atoms with Gasteiger partial charge in [0, 0.05) is 7.05 Å². The third-order valence-corrected chi connectivity index (χ3v) is 2.83. The molecule has 0 aliphatic carbocycles. The molecular weight excluding hydrogens is 268 g/mol. The molecule has 0 bridgehead atoms. The lowest BCUT2D eigenvalue weighted by Gasteiger charge is -2.13. The van der Waals surface area contributed by atoms with Crippen LogP contribution in [0.3, 0.4) is 0 Å². The molecule has 112 valence electrons. The maximum absolute atomic E-state index is 5.82. The van der Waals surface area contributed by atoms with Gasteiger partial charge in [-0.3, -0.25) is 0 Å². The summed E-state index contributed by atoms with van der Waals surface area (Å²) in [6.07, 6.45) is 0. The first kappa shape index (κ1) is 15.0. The monoisotopic (exact) mass is 288 g/mol. The number of anilines is 1. The minimum atomic E-state index is 0.214. The van der Waals surface area contributed by atoms with Gasteiger partial charge in [0.15, 0.2) is 0 Å². The van der Waals surface area contributed by atoms with Crippen molar-refractivity contribution in [3.63, 3.8) is 0 Å². The predicted octanol–water partition coefficient (Wildman–Crippen LogP) is 3.23. The largest absolute Gasteiger partial charge is 0.464 e. The molecule has 1 aromatic heterocycles. The molecule has 0 atom stereocenters. The first-order valence-electron chi connectivity index (χ1n) is 6.97. The molecule has 1 N–H and O–H groups in total. The van der Waals surface area contributed by atoms with Gasteiger partial charge in [0.25, 0.3) is 0 Å². The van der Waals surface area contributed by atoms with E-state index in [4.69, 9.17) is 9.47 Å². The molecule has 0 aliphatic rings. The summed E-state index contributed by atoms with van der Waals surface area (Å²) in [6.45, 7) is 6.58. The third-order valence-electron chi connectivity index (χ3n) is 2.83. The molecule has 0 saturated carbocycles. The number of hydrogen-bond donors (Lipinski definition) is 1. The summed E-state index contributed by atoms with van der Waals surface area (Å²) in [5.41, 5.74) is 1.10. The molecule has 0 fully saturated rings. The molecule has 1 aromatic carbocycles. The quantitative estimate of drug-likeness (QED) is 0.880. The standard InChI is InChI=1S/C15H20N4O2/c1-5-20-14-17-13(16-4)18-15(19-14)21-12-9-7-6-8-11(12)10(2)3/h6-10H,5H2,1-4H3,(H,16,17,18,19). The number of ether oxygens (including phenoxy) is 2. The molecule has 0 saturated heterocycles. The van der Waals surface area contributed by atoms with Crippen LogP contribution < -0.4 is 14.8 Å². The van der Waals surface area contributed by atoms with Gasteiger partial charge in [0.2, 0.25) is 5.95 Å². The van der Waals surface area contributed by atoms with E-state index < -0.39 is 0 Å². The summed E-state index contributed by atoms with van der Waals surface area (Å²) in [7, 11) is 1.73. The van der Waals surface area contributed by atoms with Gasteiger partial charge in [0.1, 0.15) is 5.75 Å². The first-order valence-corrected chi connectivity index (χ1v) is 6.97.